The van der Waals surface area contributed by atoms with Crippen molar-refractivity contribution in [2.24, 2.45) is 0 Å². The molecule has 2 heterocycles. The smallest absolute Gasteiger partial charge is 0.164 e. The summed E-state index contributed by atoms with van der Waals surface area (Å²) in [6.07, 6.45) is 0. The summed E-state index contributed by atoms with van der Waals surface area (Å²) in [6.45, 7) is 0. The first-order valence-corrected chi connectivity index (χ1v) is 17.1. The Hall–Kier alpha value is -7.67. The highest BCUT2D eigenvalue weighted by Crippen LogP contribution is 2.38. The van der Waals surface area contributed by atoms with Gasteiger partial charge in [-0.1, -0.05) is 121 Å². The molecule has 246 valence electrons. The van der Waals surface area contributed by atoms with Crippen LogP contribution in [0.25, 0.3) is 89.5 Å². The van der Waals surface area contributed by atoms with Crippen LogP contribution in [0, 0.1) is 22.7 Å². The van der Waals surface area contributed by atoms with Crippen LogP contribution in [0.4, 0.5) is 0 Å². The molecule has 2 aromatic heterocycles. The van der Waals surface area contributed by atoms with Gasteiger partial charge in [-0.25, -0.2) is 15.0 Å². The topological polar surface area (TPSA) is 99.4 Å². The summed E-state index contributed by atoms with van der Waals surface area (Å²) >= 11 is 0. The fourth-order valence-electron chi connectivity index (χ4n) is 6.79. The summed E-state index contributed by atoms with van der Waals surface area (Å²) in [5.74, 6) is 1.58. The number of nitrogens with zero attached hydrogens (tertiary/aromatic N) is 5. The Bertz CT molecular complexity index is 2870. The Labute approximate surface area is 305 Å². The van der Waals surface area contributed by atoms with Crippen molar-refractivity contribution in [2.45, 2.75) is 0 Å². The van der Waals surface area contributed by atoms with Gasteiger partial charge in [0.15, 0.2) is 17.5 Å². The van der Waals surface area contributed by atoms with Gasteiger partial charge in [-0.2, -0.15) is 10.5 Å². The van der Waals surface area contributed by atoms with Gasteiger partial charge in [-0.05, 0) is 75.8 Å². The van der Waals surface area contributed by atoms with E-state index in [2.05, 4.69) is 60.7 Å². The number of furan rings is 1. The highest BCUT2D eigenvalue weighted by Gasteiger charge is 2.17. The van der Waals surface area contributed by atoms with E-state index in [4.69, 9.17) is 19.4 Å². The van der Waals surface area contributed by atoms with Crippen molar-refractivity contribution < 1.29 is 4.42 Å². The van der Waals surface area contributed by atoms with Crippen LogP contribution < -0.4 is 0 Å². The second-order valence-electron chi connectivity index (χ2n) is 12.7. The molecule has 9 aromatic rings. The van der Waals surface area contributed by atoms with Crippen molar-refractivity contribution in [1.82, 2.24) is 15.0 Å². The third kappa shape index (κ3) is 5.97. The zero-order chi connectivity index (χ0) is 35.7. The molecular weight excluding hydrogens is 651 g/mol. The van der Waals surface area contributed by atoms with E-state index in [0.29, 0.717) is 28.6 Å². The van der Waals surface area contributed by atoms with Gasteiger partial charge in [-0.3, -0.25) is 0 Å². The molecule has 0 radical (unpaired) electrons. The first-order valence-electron chi connectivity index (χ1n) is 17.1. The minimum atomic E-state index is 0.435. The molecule has 9 rings (SSSR count). The average Bonchev–Trinajstić information content (AvgIpc) is 3.62. The molecular formula is C47H27N5O. The fourth-order valence-corrected chi connectivity index (χ4v) is 6.79. The van der Waals surface area contributed by atoms with E-state index in [9.17, 15) is 10.5 Å². The van der Waals surface area contributed by atoms with Gasteiger partial charge in [0, 0.05) is 27.5 Å². The Morgan fingerprint density at radius 3 is 1.58 bits per heavy atom. The number of hydrogen-bond donors (Lipinski definition) is 0. The maximum atomic E-state index is 9.51. The molecule has 6 heteroatoms. The molecule has 0 saturated carbocycles. The van der Waals surface area contributed by atoms with E-state index in [1.54, 1.807) is 18.2 Å². The lowest BCUT2D eigenvalue weighted by molar-refractivity contribution is 0.669. The van der Waals surface area contributed by atoms with Crippen molar-refractivity contribution in [2.75, 3.05) is 0 Å². The lowest BCUT2D eigenvalue weighted by Crippen LogP contribution is -2.00. The Balaban J connectivity index is 1.18. The number of fused-ring (bicyclic) bond motifs is 3. The lowest BCUT2D eigenvalue weighted by Gasteiger charge is -2.10. The highest BCUT2D eigenvalue weighted by atomic mass is 16.3. The van der Waals surface area contributed by atoms with Crippen LogP contribution >= 0.6 is 0 Å². The van der Waals surface area contributed by atoms with Gasteiger partial charge in [0.05, 0.1) is 23.3 Å². The summed E-state index contributed by atoms with van der Waals surface area (Å²) in [5.41, 5.74) is 11.0. The van der Waals surface area contributed by atoms with Crippen LogP contribution in [0.5, 0.6) is 0 Å². The molecule has 0 bridgehead atoms. The summed E-state index contributed by atoms with van der Waals surface area (Å²) in [7, 11) is 0. The standard InChI is InChI=1S/C47H27N5O/c48-28-30-23-31(29-49)25-39(24-30)33-17-19-35(20-18-33)45-50-46(37-14-7-13-36(26-37)32-9-3-1-4-10-32)52-47(51-45)38-21-22-41-43(27-38)53-42-16-8-15-40(44(41)42)34-11-5-2-6-12-34/h1-27H. The van der Waals surface area contributed by atoms with E-state index < -0.39 is 0 Å². The third-order valence-corrected chi connectivity index (χ3v) is 9.37. The second kappa shape index (κ2) is 13.2. The number of benzene rings is 7. The summed E-state index contributed by atoms with van der Waals surface area (Å²) in [6, 6.07) is 58.4. The molecule has 7 aromatic carbocycles. The molecule has 6 nitrogen and oxygen atoms in total. The maximum Gasteiger partial charge on any atom is 0.164 e. The van der Waals surface area contributed by atoms with Gasteiger partial charge >= 0.3 is 0 Å². The zero-order valence-corrected chi connectivity index (χ0v) is 28.2. The minimum absolute atomic E-state index is 0.435. The van der Waals surface area contributed by atoms with Crippen molar-refractivity contribution in [3.05, 3.63) is 175 Å². The highest BCUT2D eigenvalue weighted by molar-refractivity contribution is 6.13. The SMILES string of the molecule is N#Cc1cc(C#N)cc(-c2ccc(-c3nc(-c4cccc(-c5ccccc5)c4)nc(-c4ccc5c(c4)oc4cccc(-c6ccccc6)c45)n3)cc2)c1. The normalized spacial score (nSPS) is 11.0. The minimum Gasteiger partial charge on any atom is -0.456 e. The molecule has 53 heavy (non-hydrogen) atoms. The quantitative estimate of drug-likeness (QED) is 0.174. The Kier molecular flexibility index (Phi) is 7.82. The van der Waals surface area contributed by atoms with Gasteiger partial charge in [-0.15, -0.1) is 0 Å². The Morgan fingerprint density at radius 2 is 0.906 bits per heavy atom. The molecule has 0 spiro atoms. The van der Waals surface area contributed by atoms with Crippen molar-refractivity contribution in [3.8, 4) is 79.7 Å². The molecule has 0 saturated heterocycles. The van der Waals surface area contributed by atoms with Crippen molar-refractivity contribution in [1.29, 1.82) is 10.5 Å². The number of aromatic nitrogens is 3. The van der Waals surface area contributed by atoms with Crippen LogP contribution in [-0.2, 0) is 0 Å². The van der Waals surface area contributed by atoms with Crippen LogP contribution in [0.3, 0.4) is 0 Å². The molecule has 0 unspecified atom stereocenters. The molecule has 0 amide bonds. The number of nitriles is 2. The first-order chi connectivity index (χ1) is 26.1. The summed E-state index contributed by atoms with van der Waals surface area (Å²) < 4.78 is 6.45. The van der Waals surface area contributed by atoms with E-state index in [1.165, 1.54) is 0 Å². The summed E-state index contributed by atoms with van der Waals surface area (Å²) in [4.78, 5) is 15.1. The van der Waals surface area contributed by atoms with Crippen LogP contribution in [0.1, 0.15) is 11.1 Å². The largest absolute Gasteiger partial charge is 0.456 e. The maximum absolute atomic E-state index is 9.51. The molecule has 0 aliphatic heterocycles. The molecule has 0 aliphatic carbocycles. The second-order valence-corrected chi connectivity index (χ2v) is 12.7. The van der Waals surface area contributed by atoms with Gasteiger partial charge in [0.1, 0.15) is 11.2 Å². The monoisotopic (exact) mass is 677 g/mol. The molecule has 0 aliphatic rings. The molecule has 0 N–H and O–H groups in total. The average molecular weight is 678 g/mol. The molecule has 0 fully saturated rings. The first kappa shape index (κ1) is 31.3. The van der Waals surface area contributed by atoms with Gasteiger partial charge in [0.25, 0.3) is 0 Å². The fraction of sp³-hybridized carbons (Fsp3) is 0. The summed E-state index contributed by atoms with van der Waals surface area (Å²) in [5, 5.41) is 21.1. The van der Waals surface area contributed by atoms with Gasteiger partial charge < -0.3 is 4.42 Å². The lowest BCUT2D eigenvalue weighted by atomic mass is 9.99. The van der Waals surface area contributed by atoms with Crippen LogP contribution in [0.2, 0.25) is 0 Å². The van der Waals surface area contributed by atoms with E-state index in [1.807, 2.05) is 97.1 Å². The zero-order valence-electron chi connectivity index (χ0n) is 28.2. The van der Waals surface area contributed by atoms with E-state index >= 15 is 0 Å². The van der Waals surface area contributed by atoms with Crippen LogP contribution in [-0.4, -0.2) is 15.0 Å². The van der Waals surface area contributed by atoms with E-state index in [0.717, 1.165) is 72.0 Å². The third-order valence-electron chi connectivity index (χ3n) is 9.37. The predicted molar refractivity (Wildman–Crippen MR) is 209 cm³/mol. The van der Waals surface area contributed by atoms with Crippen molar-refractivity contribution in [3.63, 3.8) is 0 Å². The number of rotatable bonds is 6. The van der Waals surface area contributed by atoms with Gasteiger partial charge in [0.2, 0.25) is 0 Å². The van der Waals surface area contributed by atoms with Crippen LogP contribution in [0.15, 0.2) is 168 Å². The van der Waals surface area contributed by atoms with Crippen molar-refractivity contribution >= 4 is 21.9 Å². The Morgan fingerprint density at radius 1 is 0.377 bits per heavy atom. The number of hydrogen-bond acceptors (Lipinski definition) is 6. The molecule has 0 atom stereocenters. The van der Waals surface area contributed by atoms with E-state index in [-0.39, 0.29) is 0 Å². The predicted octanol–water partition coefficient (Wildman–Crippen LogP) is 11.5.